The van der Waals surface area contributed by atoms with Crippen molar-refractivity contribution in [1.82, 2.24) is 20.1 Å². The van der Waals surface area contributed by atoms with Crippen molar-refractivity contribution in [3.63, 3.8) is 0 Å². The first kappa shape index (κ1) is 25.8. The van der Waals surface area contributed by atoms with E-state index >= 15 is 0 Å². The standard InChI is InChI=1S/C24H25Cl2N5O2S/c1-4-12-31-22(15(3)27-23(33)18-11-10-17(25)13-19(18)26)29-30-24(31)34-14-21(32)28-20-9-7-6-8-16(20)5-2/h4,6-11,13,15H,1,5,12,14H2,2-3H3,(H,27,33)(H,28,32). The maximum absolute atomic E-state index is 12.7. The molecule has 0 spiro atoms. The van der Waals surface area contributed by atoms with Gasteiger partial charge in [0.1, 0.15) is 0 Å². The second-order valence-corrected chi connectivity index (χ2v) is 9.19. The number of anilines is 1. The van der Waals surface area contributed by atoms with Crippen LogP contribution in [0.4, 0.5) is 5.69 Å². The normalized spacial score (nSPS) is 11.6. The summed E-state index contributed by atoms with van der Waals surface area (Å²) in [4.78, 5) is 25.2. The molecule has 0 fully saturated rings. The van der Waals surface area contributed by atoms with Crippen molar-refractivity contribution in [1.29, 1.82) is 0 Å². The van der Waals surface area contributed by atoms with Gasteiger partial charge in [-0.1, -0.05) is 66.2 Å². The van der Waals surface area contributed by atoms with Gasteiger partial charge in [0.05, 0.1) is 22.4 Å². The Morgan fingerprint density at radius 3 is 2.68 bits per heavy atom. The Hall–Kier alpha value is -2.81. The van der Waals surface area contributed by atoms with E-state index in [9.17, 15) is 9.59 Å². The third-order valence-corrected chi connectivity index (χ3v) is 6.49. The fourth-order valence-electron chi connectivity index (χ4n) is 3.31. The van der Waals surface area contributed by atoms with Gasteiger partial charge in [0.25, 0.3) is 5.91 Å². The van der Waals surface area contributed by atoms with Crippen LogP contribution in [-0.2, 0) is 17.8 Å². The number of nitrogens with one attached hydrogen (secondary N) is 2. The van der Waals surface area contributed by atoms with E-state index in [2.05, 4.69) is 27.4 Å². The molecule has 0 saturated carbocycles. The van der Waals surface area contributed by atoms with Gasteiger partial charge in [-0.3, -0.25) is 9.59 Å². The zero-order chi connectivity index (χ0) is 24.7. The van der Waals surface area contributed by atoms with Crippen molar-refractivity contribution >= 4 is 52.5 Å². The van der Waals surface area contributed by atoms with Crippen molar-refractivity contribution in [2.24, 2.45) is 0 Å². The van der Waals surface area contributed by atoms with Crippen LogP contribution < -0.4 is 10.6 Å². The Bertz CT molecular complexity index is 1200. The molecular formula is C24H25Cl2N5O2S. The number of benzene rings is 2. The molecule has 2 amide bonds. The lowest BCUT2D eigenvalue weighted by atomic mass is 10.1. The van der Waals surface area contributed by atoms with Crippen LogP contribution in [0.3, 0.4) is 0 Å². The summed E-state index contributed by atoms with van der Waals surface area (Å²) in [6.07, 6.45) is 2.53. The summed E-state index contributed by atoms with van der Waals surface area (Å²) in [5, 5.41) is 15.6. The van der Waals surface area contributed by atoms with Gasteiger partial charge in [0.2, 0.25) is 5.91 Å². The van der Waals surface area contributed by atoms with E-state index in [0.717, 1.165) is 17.7 Å². The number of rotatable bonds is 10. The van der Waals surface area contributed by atoms with E-state index in [-0.39, 0.29) is 22.6 Å². The van der Waals surface area contributed by atoms with Crippen molar-refractivity contribution in [2.75, 3.05) is 11.1 Å². The number of para-hydroxylation sites is 1. The van der Waals surface area contributed by atoms with Crippen molar-refractivity contribution in [2.45, 2.75) is 38.0 Å². The van der Waals surface area contributed by atoms with Crippen molar-refractivity contribution < 1.29 is 9.59 Å². The average molecular weight is 518 g/mol. The number of carbonyl (C=O) groups excluding carboxylic acids is 2. The Morgan fingerprint density at radius 1 is 1.21 bits per heavy atom. The molecule has 3 aromatic rings. The lowest BCUT2D eigenvalue weighted by molar-refractivity contribution is -0.113. The number of hydrogen-bond acceptors (Lipinski definition) is 5. The number of thioether (sulfide) groups is 1. The number of halogens is 2. The monoisotopic (exact) mass is 517 g/mol. The number of nitrogens with zero attached hydrogens (tertiary/aromatic N) is 3. The van der Waals surface area contributed by atoms with E-state index in [0.29, 0.717) is 28.1 Å². The molecule has 7 nitrogen and oxygen atoms in total. The van der Waals surface area contributed by atoms with Gasteiger partial charge in [-0.15, -0.1) is 16.8 Å². The van der Waals surface area contributed by atoms with Crippen LogP contribution in [0.5, 0.6) is 0 Å². The molecule has 2 aromatic carbocycles. The summed E-state index contributed by atoms with van der Waals surface area (Å²) >= 11 is 13.3. The molecule has 1 unspecified atom stereocenters. The molecule has 0 radical (unpaired) electrons. The molecule has 2 N–H and O–H groups in total. The number of hydrogen-bond donors (Lipinski definition) is 2. The molecule has 1 aromatic heterocycles. The number of allylic oxidation sites excluding steroid dienone is 1. The zero-order valence-corrected chi connectivity index (χ0v) is 21.2. The molecule has 0 aliphatic rings. The predicted octanol–water partition coefficient (Wildman–Crippen LogP) is 5.56. The molecule has 1 heterocycles. The Morgan fingerprint density at radius 2 is 1.97 bits per heavy atom. The van der Waals surface area contributed by atoms with Crippen LogP contribution in [0.2, 0.25) is 10.0 Å². The first-order chi connectivity index (χ1) is 16.3. The minimum absolute atomic E-state index is 0.140. The summed E-state index contributed by atoms with van der Waals surface area (Å²) in [5.74, 6) is 0.205. The first-order valence-electron chi connectivity index (χ1n) is 10.6. The van der Waals surface area contributed by atoms with E-state index < -0.39 is 6.04 Å². The van der Waals surface area contributed by atoms with E-state index in [1.165, 1.54) is 17.8 Å². The van der Waals surface area contributed by atoms with Gasteiger partial charge < -0.3 is 15.2 Å². The van der Waals surface area contributed by atoms with Crippen LogP contribution in [0.25, 0.3) is 0 Å². The molecule has 10 heteroatoms. The Balaban J connectivity index is 1.69. The molecule has 0 saturated heterocycles. The van der Waals surface area contributed by atoms with Crippen LogP contribution in [0.1, 0.15) is 41.6 Å². The molecule has 0 aliphatic carbocycles. The SMILES string of the molecule is C=CCn1c(SCC(=O)Nc2ccccc2CC)nnc1C(C)NC(=O)c1ccc(Cl)cc1Cl. The summed E-state index contributed by atoms with van der Waals surface area (Å²) in [6, 6.07) is 11.9. The Labute approximate surface area is 212 Å². The number of carbonyl (C=O) groups is 2. The van der Waals surface area contributed by atoms with Crippen molar-refractivity contribution in [3.8, 4) is 0 Å². The minimum atomic E-state index is -0.466. The maximum atomic E-state index is 12.7. The second kappa shape index (κ2) is 12.1. The molecule has 0 bridgehead atoms. The van der Waals surface area contributed by atoms with E-state index in [1.807, 2.05) is 35.8 Å². The zero-order valence-electron chi connectivity index (χ0n) is 18.8. The van der Waals surface area contributed by atoms with Crippen LogP contribution in [0.15, 0.2) is 60.3 Å². The quantitative estimate of drug-likeness (QED) is 0.271. The lowest BCUT2D eigenvalue weighted by Crippen LogP contribution is -2.29. The number of aromatic nitrogens is 3. The smallest absolute Gasteiger partial charge is 0.253 e. The first-order valence-corrected chi connectivity index (χ1v) is 12.4. The third kappa shape index (κ3) is 6.40. The third-order valence-electron chi connectivity index (χ3n) is 4.97. The van der Waals surface area contributed by atoms with E-state index in [1.54, 1.807) is 25.1 Å². The van der Waals surface area contributed by atoms with Gasteiger partial charge in [0.15, 0.2) is 11.0 Å². The summed E-state index contributed by atoms with van der Waals surface area (Å²) in [5.41, 5.74) is 2.19. The minimum Gasteiger partial charge on any atom is -0.342 e. The molecule has 3 rings (SSSR count). The molecule has 178 valence electrons. The van der Waals surface area contributed by atoms with Crippen LogP contribution in [0, 0.1) is 0 Å². The van der Waals surface area contributed by atoms with Gasteiger partial charge in [0, 0.05) is 17.3 Å². The highest BCUT2D eigenvalue weighted by Gasteiger charge is 2.21. The number of aryl methyl sites for hydroxylation is 1. The van der Waals surface area contributed by atoms with Crippen molar-refractivity contribution in [3.05, 3.63) is 82.1 Å². The molecule has 34 heavy (non-hydrogen) atoms. The fourth-order valence-corrected chi connectivity index (χ4v) is 4.56. The van der Waals surface area contributed by atoms with Gasteiger partial charge in [-0.2, -0.15) is 0 Å². The van der Waals surface area contributed by atoms with Crippen LogP contribution in [-0.4, -0.2) is 32.3 Å². The largest absolute Gasteiger partial charge is 0.342 e. The fraction of sp³-hybridized carbons (Fsp3) is 0.250. The Kier molecular flexibility index (Phi) is 9.15. The summed E-state index contributed by atoms with van der Waals surface area (Å²) in [7, 11) is 0. The highest BCUT2D eigenvalue weighted by molar-refractivity contribution is 7.99. The lowest BCUT2D eigenvalue weighted by Gasteiger charge is -2.16. The van der Waals surface area contributed by atoms with Crippen LogP contribution >= 0.6 is 35.0 Å². The van der Waals surface area contributed by atoms with Gasteiger partial charge in [-0.05, 0) is 43.2 Å². The summed E-state index contributed by atoms with van der Waals surface area (Å²) in [6.45, 7) is 8.06. The van der Waals surface area contributed by atoms with E-state index in [4.69, 9.17) is 23.2 Å². The maximum Gasteiger partial charge on any atom is 0.253 e. The average Bonchev–Trinajstić information content (AvgIpc) is 3.21. The summed E-state index contributed by atoms with van der Waals surface area (Å²) < 4.78 is 1.82. The topological polar surface area (TPSA) is 88.9 Å². The predicted molar refractivity (Wildman–Crippen MR) is 138 cm³/mol. The van der Waals surface area contributed by atoms with Gasteiger partial charge >= 0.3 is 0 Å². The second-order valence-electron chi connectivity index (χ2n) is 7.41. The highest BCUT2D eigenvalue weighted by atomic mass is 35.5. The molecular weight excluding hydrogens is 493 g/mol. The molecule has 0 aliphatic heterocycles. The van der Waals surface area contributed by atoms with Gasteiger partial charge in [-0.25, -0.2) is 0 Å². The number of amides is 2. The highest BCUT2D eigenvalue weighted by Crippen LogP contribution is 2.24. The molecule has 1 atom stereocenters.